The quantitative estimate of drug-likeness (QED) is 0.835. The Morgan fingerprint density at radius 3 is 2.38 bits per heavy atom. The van der Waals surface area contributed by atoms with Crippen LogP contribution in [0.1, 0.15) is 18.9 Å². The smallest absolute Gasteiger partial charge is 0.0880 e. The van der Waals surface area contributed by atoms with Gasteiger partial charge in [0.1, 0.15) is 0 Å². The molecule has 1 unspecified atom stereocenters. The summed E-state index contributed by atoms with van der Waals surface area (Å²) in [7, 11) is 0. The normalized spacial score (nSPS) is 15.4. The molecule has 72 valence electrons. The Kier molecular flexibility index (Phi) is 3.70. The molecule has 0 amide bonds. The van der Waals surface area contributed by atoms with Crippen LogP contribution in [-0.2, 0) is 5.60 Å². The van der Waals surface area contributed by atoms with Crippen LogP contribution in [-0.4, -0.2) is 11.7 Å². The van der Waals surface area contributed by atoms with Crippen LogP contribution in [0.25, 0.3) is 0 Å². The molecule has 0 aromatic heterocycles. The lowest BCUT2D eigenvalue weighted by molar-refractivity contribution is 0.0504. The molecule has 0 saturated heterocycles. The molecule has 0 bridgehead atoms. The van der Waals surface area contributed by atoms with E-state index < -0.39 is 5.60 Å². The maximum absolute atomic E-state index is 9.99. The molecule has 2 nitrogen and oxygen atoms in total. The average Bonchev–Trinajstić information content (AvgIpc) is 2.05. The Hall–Kier alpha value is -0.130. The summed E-state index contributed by atoms with van der Waals surface area (Å²) in [5.41, 5.74) is 5.56. The van der Waals surface area contributed by atoms with Crippen LogP contribution < -0.4 is 5.73 Å². The molecule has 0 radical (unpaired) electrons. The Morgan fingerprint density at radius 1 is 1.38 bits per heavy atom. The number of hydrogen-bond donors (Lipinski definition) is 2. The van der Waals surface area contributed by atoms with Crippen molar-refractivity contribution in [2.24, 2.45) is 5.73 Å². The van der Waals surface area contributed by atoms with Crippen molar-refractivity contribution in [1.29, 1.82) is 0 Å². The van der Waals surface area contributed by atoms with Crippen LogP contribution in [0.15, 0.2) is 24.3 Å². The number of nitrogens with two attached hydrogens (primary N) is 1. The third-order valence-electron chi connectivity index (χ3n) is 2.10. The highest BCUT2D eigenvalue weighted by Crippen LogP contribution is 2.24. The molecule has 1 aromatic rings. The summed E-state index contributed by atoms with van der Waals surface area (Å²) in [6.07, 6.45) is 0.591. The van der Waals surface area contributed by atoms with Crippen LogP contribution in [0.2, 0.25) is 0 Å². The second kappa shape index (κ2) is 4.39. The summed E-state index contributed by atoms with van der Waals surface area (Å²) >= 11 is 2.24. The molecule has 0 aliphatic carbocycles. The number of aliphatic hydroxyl groups is 1. The predicted molar refractivity (Wildman–Crippen MR) is 62.4 cm³/mol. The van der Waals surface area contributed by atoms with Crippen LogP contribution in [0, 0.1) is 3.57 Å². The summed E-state index contributed by atoms with van der Waals surface area (Å²) in [6.45, 7) is 2.29. The minimum Gasteiger partial charge on any atom is -0.385 e. The molecule has 0 spiro atoms. The zero-order valence-corrected chi connectivity index (χ0v) is 9.78. The zero-order chi connectivity index (χ0) is 9.90. The minimum absolute atomic E-state index is 0.499. The van der Waals surface area contributed by atoms with Gasteiger partial charge in [0, 0.05) is 3.57 Å². The second-order valence-electron chi connectivity index (χ2n) is 3.32. The summed E-state index contributed by atoms with van der Waals surface area (Å²) in [6, 6.07) is 7.86. The molecule has 0 aliphatic rings. The lowest BCUT2D eigenvalue weighted by Crippen LogP contribution is -2.24. The van der Waals surface area contributed by atoms with Crippen molar-refractivity contribution in [3.8, 4) is 0 Å². The largest absolute Gasteiger partial charge is 0.385 e. The van der Waals surface area contributed by atoms with Crippen molar-refractivity contribution >= 4 is 22.6 Å². The molecule has 13 heavy (non-hydrogen) atoms. The standard InChI is InChI=1S/C10H14INO/c1-10(13,6-7-12)8-2-4-9(11)5-3-8/h2-5,13H,6-7,12H2,1H3. The fourth-order valence-corrected chi connectivity index (χ4v) is 1.59. The van der Waals surface area contributed by atoms with Gasteiger partial charge >= 0.3 is 0 Å². The fraction of sp³-hybridized carbons (Fsp3) is 0.400. The highest BCUT2D eigenvalue weighted by Gasteiger charge is 2.21. The van der Waals surface area contributed by atoms with Gasteiger partial charge in [0.05, 0.1) is 5.60 Å². The molecule has 0 fully saturated rings. The van der Waals surface area contributed by atoms with Gasteiger partial charge in [-0.1, -0.05) is 12.1 Å². The van der Waals surface area contributed by atoms with Crippen LogP contribution in [0.5, 0.6) is 0 Å². The molecule has 0 saturated carbocycles. The number of halogens is 1. The summed E-state index contributed by atoms with van der Waals surface area (Å²) in [4.78, 5) is 0. The lowest BCUT2D eigenvalue weighted by Gasteiger charge is -2.22. The van der Waals surface area contributed by atoms with E-state index in [0.29, 0.717) is 13.0 Å². The molecule has 3 N–H and O–H groups in total. The lowest BCUT2D eigenvalue weighted by atomic mass is 9.93. The second-order valence-corrected chi connectivity index (χ2v) is 4.57. The van der Waals surface area contributed by atoms with E-state index in [1.54, 1.807) is 6.92 Å². The zero-order valence-electron chi connectivity index (χ0n) is 7.63. The Labute approximate surface area is 92.3 Å². The van der Waals surface area contributed by atoms with Crippen LogP contribution in [0.4, 0.5) is 0 Å². The molecular formula is C10H14INO. The molecule has 0 aliphatic heterocycles. The summed E-state index contributed by atoms with van der Waals surface area (Å²) in [5.74, 6) is 0. The van der Waals surface area contributed by atoms with E-state index in [1.165, 1.54) is 3.57 Å². The van der Waals surface area contributed by atoms with Crippen molar-refractivity contribution in [2.45, 2.75) is 18.9 Å². The monoisotopic (exact) mass is 291 g/mol. The van der Waals surface area contributed by atoms with Crippen molar-refractivity contribution in [1.82, 2.24) is 0 Å². The van der Waals surface area contributed by atoms with Gasteiger partial charge in [-0.25, -0.2) is 0 Å². The molecular weight excluding hydrogens is 277 g/mol. The van der Waals surface area contributed by atoms with E-state index in [2.05, 4.69) is 22.6 Å². The molecule has 1 aromatic carbocycles. The van der Waals surface area contributed by atoms with Gasteiger partial charge < -0.3 is 10.8 Å². The first kappa shape index (κ1) is 10.9. The van der Waals surface area contributed by atoms with E-state index in [4.69, 9.17) is 5.73 Å². The highest BCUT2D eigenvalue weighted by molar-refractivity contribution is 14.1. The van der Waals surface area contributed by atoms with Crippen molar-refractivity contribution in [3.63, 3.8) is 0 Å². The maximum Gasteiger partial charge on any atom is 0.0880 e. The van der Waals surface area contributed by atoms with Gasteiger partial charge in [-0.05, 0) is 60.2 Å². The van der Waals surface area contributed by atoms with E-state index in [-0.39, 0.29) is 0 Å². The van der Waals surface area contributed by atoms with Gasteiger partial charge in [-0.3, -0.25) is 0 Å². The van der Waals surface area contributed by atoms with Crippen LogP contribution in [0.3, 0.4) is 0 Å². The maximum atomic E-state index is 9.99. The van der Waals surface area contributed by atoms with Crippen molar-refractivity contribution in [2.75, 3.05) is 6.54 Å². The molecule has 1 atom stereocenters. The van der Waals surface area contributed by atoms with Gasteiger partial charge in [-0.15, -0.1) is 0 Å². The number of rotatable bonds is 3. The molecule has 1 rings (SSSR count). The van der Waals surface area contributed by atoms with Gasteiger partial charge in [0.25, 0.3) is 0 Å². The van der Waals surface area contributed by atoms with Gasteiger partial charge in [-0.2, -0.15) is 0 Å². The first-order chi connectivity index (χ1) is 6.06. The Balaban J connectivity index is 2.87. The summed E-state index contributed by atoms with van der Waals surface area (Å²) in [5, 5.41) is 9.99. The molecule has 3 heteroatoms. The van der Waals surface area contributed by atoms with Crippen LogP contribution >= 0.6 is 22.6 Å². The first-order valence-corrected chi connectivity index (χ1v) is 5.32. The van der Waals surface area contributed by atoms with Gasteiger partial charge in [0.2, 0.25) is 0 Å². The topological polar surface area (TPSA) is 46.2 Å². The molecule has 0 heterocycles. The highest BCUT2D eigenvalue weighted by atomic mass is 127. The summed E-state index contributed by atoms with van der Waals surface area (Å²) < 4.78 is 1.17. The van der Waals surface area contributed by atoms with E-state index >= 15 is 0 Å². The third kappa shape index (κ3) is 2.93. The van der Waals surface area contributed by atoms with Crippen molar-refractivity contribution in [3.05, 3.63) is 33.4 Å². The third-order valence-corrected chi connectivity index (χ3v) is 2.82. The average molecular weight is 291 g/mol. The first-order valence-electron chi connectivity index (χ1n) is 4.25. The number of hydrogen-bond acceptors (Lipinski definition) is 2. The Morgan fingerprint density at radius 2 is 1.92 bits per heavy atom. The minimum atomic E-state index is -0.793. The van der Waals surface area contributed by atoms with Crippen molar-refractivity contribution < 1.29 is 5.11 Å². The number of benzene rings is 1. The van der Waals surface area contributed by atoms with Gasteiger partial charge in [0.15, 0.2) is 0 Å². The van der Waals surface area contributed by atoms with E-state index in [0.717, 1.165) is 5.56 Å². The predicted octanol–water partition coefficient (Wildman–Crippen LogP) is 1.85. The SMILES string of the molecule is CC(O)(CCN)c1ccc(I)cc1. The van der Waals surface area contributed by atoms with E-state index in [9.17, 15) is 5.11 Å². The van der Waals surface area contributed by atoms with E-state index in [1.807, 2.05) is 24.3 Å². The Bertz CT molecular complexity index is 269. The fourth-order valence-electron chi connectivity index (χ4n) is 1.23.